The average Bonchev–Trinajstić information content (AvgIpc) is 2.98. The first-order chi connectivity index (χ1) is 11.5. The predicted molar refractivity (Wildman–Crippen MR) is 84.1 cm³/mol. The molecule has 9 heteroatoms. The largest absolute Gasteiger partial charge is 0.368 e. The van der Waals surface area contributed by atoms with Crippen LogP contribution in [0, 0.1) is 13.8 Å². The van der Waals surface area contributed by atoms with Crippen LogP contribution in [0.5, 0.6) is 0 Å². The lowest BCUT2D eigenvalue weighted by atomic mass is 10.2. The van der Waals surface area contributed by atoms with E-state index < -0.39 is 0 Å². The van der Waals surface area contributed by atoms with Crippen molar-refractivity contribution in [1.82, 2.24) is 25.0 Å². The van der Waals surface area contributed by atoms with Crippen LogP contribution in [0.15, 0.2) is 10.6 Å². The fourth-order valence-corrected chi connectivity index (χ4v) is 2.54. The highest BCUT2D eigenvalue weighted by Crippen LogP contribution is 2.22. The van der Waals surface area contributed by atoms with Gasteiger partial charge in [-0.25, -0.2) is 9.97 Å². The van der Waals surface area contributed by atoms with Gasteiger partial charge in [0, 0.05) is 26.5 Å². The van der Waals surface area contributed by atoms with Crippen LogP contribution in [-0.4, -0.2) is 50.6 Å². The van der Waals surface area contributed by atoms with E-state index in [2.05, 4.69) is 25.4 Å². The van der Waals surface area contributed by atoms with Gasteiger partial charge < -0.3 is 19.5 Å². The first kappa shape index (κ1) is 16.3. The second-order valence-corrected chi connectivity index (χ2v) is 5.63. The summed E-state index contributed by atoms with van der Waals surface area (Å²) in [6.45, 7) is 7.13. The smallest absolute Gasteiger partial charge is 0.223 e. The van der Waals surface area contributed by atoms with E-state index in [4.69, 9.17) is 9.26 Å². The Morgan fingerprint density at radius 1 is 1.38 bits per heavy atom. The van der Waals surface area contributed by atoms with Crippen molar-refractivity contribution in [3.8, 4) is 0 Å². The molecule has 128 valence electrons. The van der Waals surface area contributed by atoms with E-state index in [1.54, 1.807) is 18.7 Å². The number of aryl methyl sites for hydroxylation is 2. The third-order valence-corrected chi connectivity index (χ3v) is 3.70. The highest BCUT2D eigenvalue weighted by atomic mass is 16.5. The van der Waals surface area contributed by atoms with Crippen LogP contribution in [0.25, 0.3) is 0 Å². The van der Waals surface area contributed by atoms with E-state index in [0.717, 1.165) is 5.69 Å². The van der Waals surface area contributed by atoms with Crippen LogP contribution < -0.4 is 5.32 Å². The molecule has 1 atom stereocenters. The number of carbonyl (C=O) groups excluding carboxylic acids is 1. The lowest BCUT2D eigenvalue weighted by Gasteiger charge is -2.32. The molecule has 1 unspecified atom stereocenters. The third kappa shape index (κ3) is 3.85. The van der Waals surface area contributed by atoms with E-state index in [-0.39, 0.29) is 12.0 Å². The minimum absolute atomic E-state index is 0.0416. The summed E-state index contributed by atoms with van der Waals surface area (Å²) < 4.78 is 10.7. The van der Waals surface area contributed by atoms with Gasteiger partial charge in [-0.2, -0.15) is 4.98 Å². The quantitative estimate of drug-likeness (QED) is 0.884. The van der Waals surface area contributed by atoms with Crippen LogP contribution in [0.1, 0.15) is 36.3 Å². The molecule has 1 aliphatic heterocycles. The molecule has 0 aliphatic carbocycles. The normalized spacial score (nSPS) is 17.8. The topological polar surface area (TPSA) is 106 Å². The Kier molecular flexibility index (Phi) is 4.70. The van der Waals surface area contributed by atoms with E-state index in [9.17, 15) is 4.79 Å². The molecule has 1 amide bonds. The molecule has 1 fully saturated rings. The summed E-state index contributed by atoms with van der Waals surface area (Å²) in [7, 11) is 0. The molecule has 0 aromatic carbocycles. The summed E-state index contributed by atoms with van der Waals surface area (Å²) in [4.78, 5) is 26.3. The number of nitrogens with one attached hydrogen (secondary N) is 1. The maximum Gasteiger partial charge on any atom is 0.223 e. The van der Waals surface area contributed by atoms with Gasteiger partial charge in [0.25, 0.3) is 0 Å². The molecule has 0 bridgehead atoms. The Labute approximate surface area is 139 Å². The number of anilines is 1. The number of nitrogens with zero attached hydrogens (tertiary/aromatic N) is 5. The van der Waals surface area contributed by atoms with E-state index in [1.807, 2.05) is 13.0 Å². The van der Waals surface area contributed by atoms with Crippen molar-refractivity contribution in [2.24, 2.45) is 0 Å². The van der Waals surface area contributed by atoms with Gasteiger partial charge in [0.2, 0.25) is 11.8 Å². The Balaban J connectivity index is 1.72. The van der Waals surface area contributed by atoms with Crippen LogP contribution >= 0.6 is 0 Å². The first-order valence-corrected chi connectivity index (χ1v) is 7.77. The molecule has 3 rings (SSSR count). The molecule has 1 aliphatic rings. The molecule has 9 nitrogen and oxygen atoms in total. The molecule has 0 radical (unpaired) electrons. The number of carbonyl (C=O) groups is 1. The minimum atomic E-state index is -0.252. The average molecular weight is 332 g/mol. The summed E-state index contributed by atoms with van der Waals surface area (Å²) in [6, 6.07) is 1.83. The highest BCUT2D eigenvalue weighted by molar-refractivity contribution is 5.73. The number of morpholine rings is 1. The number of rotatable bonds is 4. The summed E-state index contributed by atoms with van der Waals surface area (Å²) in [5, 5.41) is 6.99. The molecule has 2 aromatic heterocycles. The van der Waals surface area contributed by atoms with Crippen molar-refractivity contribution in [1.29, 1.82) is 0 Å². The monoisotopic (exact) mass is 332 g/mol. The predicted octanol–water partition coefficient (Wildman–Crippen LogP) is 1.01. The van der Waals surface area contributed by atoms with Gasteiger partial charge in [0.15, 0.2) is 5.82 Å². The van der Waals surface area contributed by atoms with Gasteiger partial charge >= 0.3 is 0 Å². The minimum Gasteiger partial charge on any atom is -0.368 e. The number of hydrogen-bond donors (Lipinski definition) is 1. The van der Waals surface area contributed by atoms with Crippen LogP contribution in [-0.2, 0) is 16.1 Å². The van der Waals surface area contributed by atoms with Crippen molar-refractivity contribution in [2.75, 3.05) is 25.0 Å². The molecule has 24 heavy (non-hydrogen) atoms. The standard InChI is InChI=1S/C15H20N6O3/c1-9-17-12(13-8-21(11(3)22)4-5-23-13)6-14(18-9)16-7-15-19-10(2)24-20-15/h6,13H,4-5,7-8H2,1-3H3,(H,16,17,18). The van der Waals surface area contributed by atoms with Crippen LogP contribution in [0.2, 0.25) is 0 Å². The Morgan fingerprint density at radius 3 is 2.92 bits per heavy atom. The molecular formula is C15H20N6O3. The van der Waals surface area contributed by atoms with Gasteiger partial charge in [-0.1, -0.05) is 5.16 Å². The molecule has 0 spiro atoms. The fraction of sp³-hybridized carbons (Fsp3) is 0.533. The van der Waals surface area contributed by atoms with E-state index >= 15 is 0 Å². The van der Waals surface area contributed by atoms with Crippen molar-refractivity contribution in [3.05, 3.63) is 29.3 Å². The molecule has 1 saturated heterocycles. The molecule has 0 saturated carbocycles. The maximum atomic E-state index is 11.6. The van der Waals surface area contributed by atoms with Crippen molar-refractivity contribution in [2.45, 2.75) is 33.4 Å². The third-order valence-electron chi connectivity index (χ3n) is 3.70. The van der Waals surface area contributed by atoms with Gasteiger partial charge in [0.05, 0.1) is 25.4 Å². The van der Waals surface area contributed by atoms with Crippen molar-refractivity contribution in [3.63, 3.8) is 0 Å². The molecule has 3 heterocycles. The SMILES string of the molecule is CC(=O)N1CCOC(c2cc(NCc3noc(C)n3)nc(C)n2)C1. The summed E-state index contributed by atoms with van der Waals surface area (Å²) in [5.41, 5.74) is 0.750. The fourth-order valence-electron chi connectivity index (χ4n) is 2.54. The van der Waals surface area contributed by atoms with Crippen molar-refractivity contribution < 1.29 is 14.1 Å². The summed E-state index contributed by atoms with van der Waals surface area (Å²) in [5.74, 6) is 2.40. The zero-order chi connectivity index (χ0) is 17.1. The van der Waals surface area contributed by atoms with E-state index in [0.29, 0.717) is 49.6 Å². The second kappa shape index (κ2) is 6.91. The zero-order valence-corrected chi connectivity index (χ0v) is 13.9. The van der Waals surface area contributed by atoms with Gasteiger partial charge in [-0.15, -0.1) is 0 Å². The Morgan fingerprint density at radius 2 is 2.21 bits per heavy atom. The zero-order valence-electron chi connectivity index (χ0n) is 13.9. The van der Waals surface area contributed by atoms with Gasteiger partial charge in [-0.05, 0) is 6.92 Å². The summed E-state index contributed by atoms with van der Waals surface area (Å²) in [6.07, 6.45) is -0.252. The van der Waals surface area contributed by atoms with Crippen LogP contribution in [0.4, 0.5) is 5.82 Å². The number of amides is 1. The highest BCUT2D eigenvalue weighted by Gasteiger charge is 2.25. The Hall–Kier alpha value is -2.55. The van der Waals surface area contributed by atoms with Crippen LogP contribution in [0.3, 0.4) is 0 Å². The lowest BCUT2D eigenvalue weighted by Crippen LogP contribution is -2.41. The molecular weight excluding hydrogens is 312 g/mol. The molecule has 2 aromatic rings. The first-order valence-electron chi connectivity index (χ1n) is 7.77. The van der Waals surface area contributed by atoms with E-state index in [1.165, 1.54) is 0 Å². The van der Waals surface area contributed by atoms with Gasteiger partial charge in [0.1, 0.15) is 17.7 Å². The Bertz CT molecular complexity index is 732. The van der Waals surface area contributed by atoms with Crippen molar-refractivity contribution >= 4 is 11.7 Å². The summed E-state index contributed by atoms with van der Waals surface area (Å²) >= 11 is 0. The lowest BCUT2D eigenvalue weighted by molar-refractivity contribution is -0.136. The number of ether oxygens (including phenoxy) is 1. The van der Waals surface area contributed by atoms with Gasteiger partial charge in [-0.3, -0.25) is 4.79 Å². The maximum absolute atomic E-state index is 11.6. The number of aromatic nitrogens is 4. The number of hydrogen-bond acceptors (Lipinski definition) is 8. The molecule has 1 N–H and O–H groups in total. The second-order valence-electron chi connectivity index (χ2n) is 5.63.